The minimum Gasteiger partial charge on any atom is -0.465 e. The Morgan fingerprint density at radius 1 is 1.67 bits per heavy atom. The highest BCUT2D eigenvalue weighted by molar-refractivity contribution is 5.90. The van der Waals surface area contributed by atoms with Gasteiger partial charge in [0.05, 0.1) is 25.3 Å². The fraction of sp³-hybridized carbons (Fsp3) is 0.364. The molecule has 0 spiro atoms. The number of hydrogen-bond acceptors (Lipinski definition) is 4. The van der Waals surface area contributed by atoms with Crippen molar-refractivity contribution in [2.24, 2.45) is 0 Å². The molecule has 0 saturated carbocycles. The highest BCUT2D eigenvalue weighted by Gasteiger charge is 2.20. The number of ether oxygens (including phenoxy) is 1. The molecule has 0 aliphatic carbocycles. The van der Waals surface area contributed by atoms with Gasteiger partial charge in [-0.3, -0.25) is 0 Å². The second-order valence-electron chi connectivity index (χ2n) is 3.59. The van der Waals surface area contributed by atoms with E-state index in [-0.39, 0.29) is 18.6 Å². The van der Waals surface area contributed by atoms with Crippen LogP contribution in [-0.2, 0) is 11.2 Å². The van der Waals surface area contributed by atoms with Crippen molar-refractivity contribution in [3.63, 3.8) is 0 Å². The smallest absolute Gasteiger partial charge is 0.337 e. The number of carbonyl (C=O) groups excluding carboxylic acids is 1. The van der Waals surface area contributed by atoms with E-state index < -0.39 is 0 Å². The van der Waals surface area contributed by atoms with Gasteiger partial charge in [0.1, 0.15) is 0 Å². The lowest BCUT2D eigenvalue weighted by molar-refractivity contribution is 0.0600. The van der Waals surface area contributed by atoms with E-state index >= 15 is 0 Å². The molecule has 1 atom stereocenters. The molecule has 1 aromatic rings. The number of nitrogens with one attached hydrogen (secondary N) is 1. The summed E-state index contributed by atoms with van der Waals surface area (Å²) in [4.78, 5) is 11.3. The van der Waals surface area contributed by atoms with Crippen molar-refractivity contribution in [3.05, 3.63) is 29.3 Å². The van der Waals surface area contributed by atoms with Crippen molar-refractivity contribution in [3.8, 4) is 0 Å². The molecule has 4 nitrogen and oxygen atoms in total. The lowest BCUT2D eigenvalue weighted by Gasteiger charge is -2.05. The summed E-state index contributed by atoms with van der Waals surface area (Å²) in [7, 11) is 1.37. The van der Waals surface area contributed by atoms with E-state index in [9.17, 15) is 4.79 Å². The second kappa shape index (κ2) is 3.90. The summed E-state index contributed by atoms with van der Waals surface area (Å²) in [6.07, 6.45) is 0.747. The maximum Gasteiger partial charge on any atom is 0.337 e. The molecule has 1 aromatic carbocycles. The van der Waals surface area contributed by atoms with Gasteiger partial charge >= 0.3 is 5.97 Å². The van der Waals surface area contributed by atoms with Gasteiger partial charge in [-0.05, 0) is 30.2 Å². The molecule has 1 unspecified atom stereocenters. The van der Waals surface area contributed by atoms with E-state index in [1.165, 1.54) is 7.11 Å². The summed E-state index contributed by atoms with van der Waals surface area (Å²) in [6, 6.07) is 5.44. The normalized spacial score (nSPS) is 18.1. The highest BCUT2D eigenvalue weighted by Crippen LogP contribution is 2.26. The maximum atomic E-state index is 11.3. The minimum atomic E-state index is -0.328. The average molecular weight is 207 g/mol. The fourth-order valence-corrected chi connectivity index (χ4v) is 1.79. The van der Waals surface area contributed by atoms with Gasteiger partial charge < -0.3 is 15.2 Å². The first-order valence-corrected chi connectivity index (χ1v) is 4.83. The largest absolute Gasteiger partial charge is 0.465 e. The summed E-state index contributed by atoms with van der Waals surface area (Å²) < 4.78 is 4.64. The van der Waals surface area contributed by atoms with Crippen molar-refractivity contribution in [2.45, 2.75) is 12.5 Å². The molecule has 2 rings (SSSR count). The third-order valence-corrected chi connectivity index (χ3v) is 2.57. The number of carbonyl (C=O) groups is 1. The van der Waals surface area contributed by atoms with Crippen molar-refractivity contribution < 1.29 is 14.6 Å². The van der Waals surface area contributed by atoms with Gasteiger partial charge in [-0.1, -0.05) is 0 Å². The van der Waals surface area contributed by atoms with Crippen LogP contribution in [0.1, 0.15) is 15.9 Å². The topological polar surface area (TPSA) is 58.6 Å². The Hall–Kier alpha value is -1.55. The van der Waals surface area contributed by atoms with Gasteiger partial charge in [0, 0.05) is 5.69 Å². The highest BCUT2D eigenvalue weighted by atomic mass is 16.5. The maximum absolute atomic E-state index is 11.3. The Balaban J connectivity index is 2.26. The molecule has 0 aromatic heterocycles. The van der Waals surface area contributed by atoms with E-state index in [0.717, 1.165) is 17.7 Å². The monoisotopic (exact) mass is 207 g/mol. The van der Waals surface area contributed by atoms with E-state index in [2.05, 4.69) is 10.1 Å². The average Bonchev–Trinajstić information content (AvgIpc) is 2.69. The molecule has 0 saturated heterocycles. The number of aliphatic hydroxyl groups excluding tert-OH is 1. The van der Waals surface area contributed by atoms with Crippen LogP contribution in [0.5, 0.6) is 0 Å². The summed E-state index contributed by atoms with van der Waals surface area (Å²) in [5.74, 6) is -0.328. The van der Waals surface area contributed by atoms with Gasteiger partial charge in [-0.25, -0.2) is 4.79 Å². The number of aliphatic hydroxyl groups is 1. The Morgan fingerprint density at radius 3 is 3.13 bits per heavy atom. The third-order valence-electron chi connectivity index (χ3n) is 2.57. The molecule has 0 radical (unpaired) electrons. The number of benzene rings is 1. The molecule has 0 fully saturated rings. The fourth-order valence-electron chi connectivity index (χ4n) is 1.79. The second-order valence-corrected chi connectivity index (χ2v) is 3.59. The molecule has 1 heterocycles. The molecule has 0 bridgehead atoms. The molecule has 15 heavy (non-hydrogen) atoms. The van der Waals surface area contributed by atoms with Crippen LogP contribution in [0, 0.1) is 0 Å². The van der Waals surface area contributed by atoms with E-state index in [0.29, 0.717) is 5.56 Å². The zero-order valence-corrected chi connectivity index (χ0v) is 8.49. The Bertz CT molecular complexity index is 389. The third kappa shape index (κ3) is 1.80. The van der Waals surface area contributed by atoms with Crippen molar-refractivity contribution in [1.82, 2.24) is 0 Å². The van der Waals surface area contributed by atoms with Gasteiger partial charge in [-0.15, -0.1) is 0 Å². The number of fused-ring (bicyclic) bond motifs is 1. The molecule has 1 aliphatic rings. The number of anilines is 1. The first kappa shape index (κ1) is 9.98. The predicted molar refractivity (Wildman–Crippen MR) is 56.0 cm³/mol. The zero-order chi connectivity index (χ0) is 10.8. The summed E-state index contributed by atoms with van der Waals surface area (Å²) >= 11 is 0. The van der Waals surface area contributed by atoms with Crippen LogP contribution in [-0.4, -0.2) is 30.8 Å². The lowest BCUT2D eigenvalue weighted by Crippen LogP contribution is -2.19. The summed E-state index contributed by atoms with van der Waals surface area (Å²) in [6.45, 7) is 0.0994. The molecule has 2 N–H and O–H groups in total. The molecule has 4 heteroatoms. The Morgan fingerprint density at radius 2 is 2.47 bits per heavy atom. The first-order chi connectivity index (χ1) is 7.24. The molecular formula is C11H13NO3. The van der Waals surface area contributed by atoms with Crippen molar-refractivity contribution in [2.75, 3.05) is 19.0 Å². The minimum absolute atomic E-state index is 0.0629. The summed E-state index contributed by atoms with van der Waals surface area (Å²) in [5.41, 5.74) is 2.59. The SMILES string of the molecule is COC(=O)c1ccc2c(c1)CC(CO)N2. The molecule has 1 aliphatic heterocycles. The molecule has 0 amide bonds. The van der Waals surface area contributed by atoms with Crippen LogP contribution in [0.2, 0.25) is 0 Å². The molecule has 80 valence electrons. The van der Waals surface area contributed by atoms with Crippen LogP contribution in [0.25, 0.3) is 0 Å². The standard InChI is InChI=1S/C11H13NO3/c1-15-11(14)7-2-3-10-8(4-7)5-9(6-13)12-10/h2-4,9,12-13H,5-6H2,1H3. The van der Waals surface area contributed by atoms with Gasteiger partial charge in [0.15, 0.2) is 0 Å². The predicted octanol–water partition coefficient (Wildman–Crippen LogP) is 0.802. The number of esters is 1. The number of methoxy groups -OCH3 is 1. The Labute approximate surface area is 87.9 Å². The number of hydrogen-bond donors (Lipinski definition) is 2. The van der Waals surface area contributed by atoms with Crippen LogP contribution < -0.4 is 5.32 Å². The Kier molecular flexibility index (Phi) is 2.60. The van der Waals surface area contributed by atoms with Crippen molar-refractivity contribution in [1.29, 1.82) is 0 Å². The summed E-state index contributed by atoms with van der Waals surface area (Å²) in [5, 5.41) is 12.2. The van der Waals surface area contributed by atoms with E-state index in [1.807, 2.05) is 12.1 Å². The lowest BCUT2D eigenvalue weighted by atomic mass is 10.1. The van der Waals surface area contributed by atoms with Gasteiger partial charge in [-0.2, -0.15) is 0 Å². The van der Waals surface area contributed by atoms with Gasteiger partial charge in [0.25, 0.3) is 0 Å². The van der Waals surface area contributed by atoms with Crippen molar-refractivity contribution >= 4 is 11.7 Å². The molecular weight excluding hydrogens is 194 g/mol. The quantitative estimate of drug-likeness (QED) is 0.704. The first-order valence-electron chi connectivity index (χ1n) is 4.83. The van der Waals surface area contributed by atoms with Crippen LogP contribution >= 0.6 is 0 Å². The van der Waals surface area contributed by atoms with Crippen LogP contribution in [0.3, 0.4) is 0 Å². The number of rotatable bonds is 2. The van der Waals surface area contributed by atoms with E-state index in [1.54, 1.807) is 6.07 Å². The van der Waals surface area contributed by atoms with Crippen LogP contribution in [0.15, 0.2) is 18.2 Å². The zero-order valence-electron chi connectivity index (χ0n) is 8.49. The van der Waals surface area contributed by atoms with Crippen LogP contribution in [0.4, 0.5) is 5.69 Å². The van der Waals surface area contributed by atoms with E-state index in [4.69, 9.17) is 5.11 Å². The van der Waals surface area contributed by atoms with Gasteiger partial charge in [0.2, 0.25) is 0 Å².